The maximum absolute atomic E-state index is 12.6. The molecule has 1 aliphatic carbocycles. The molecule has 2 aromatic rings. The van der Waals surface area contributed by atoms with E-state index in [4.69, 9.17) is 0 Å². The molecule has 0 heterocycles. The van der Waals surface area contributed by atoms with Crippen LogP contribution in [-0.2, 0) is 0 Å². The summed E-state index contributed by atoms with van der Waals surface area (Å²) in [5.74, 6) is 0.571. The van der Waals surface area contributed by atoms with Gasteiger partial charge in [0.1, 0.15) is 0 Å². The van der Waals surface area contributed by atoms with Crippen molar-refractivity contribution in [3.63, 3.8) is 0 Å². The van der Waals surface area contributed by atoms with E-state index in [-0.39, 0.29) is 5.92 Å². The van der Waals surface area contributed by atoms with Crippen molar-refractivity contribution in [2.75, 3.05) is 0 Å². The molecular weight excluding hydrogens is 232 g/mol. The van der Waals surface area contributed by atoms with Gasteiger partial charge in [-0.3, -0.25) is 4.79 Å². The first kappa shape index (κ1) is 12.2. The van der Waals surface area contributed by atoms with Gasteiger partial charge in [0.15, 0.2) is 5.78 Å². The molecule has 0 N–H and O–H groups in total. The van der Waals surface area contributed by atoms with Gasteiger partial charge in [-0.25, -0.2) is 0 Å². The molecule has 0 atom stereocenters. The SMILES string of the molecule is O=C(c1ccccc1-c1ccccc1)C1CCCC1. The van der Waals surface area contributed by atoms with Crippen molar-refractivity contribution in [2.24, 2.45) is 5.92 Å². The number of Topliss-reactive ketones (excluding diaryl/α,β-unsaturated/α-hetero) is 1. The van der Waals surface area contributed by atoms with Crippen molar-refractivity contribution in [1.29, 1.82) is 0 Å². The second kappa shape index (κ2) is 5.40. The summed E-state index contributed by atoms with van der Waals surface area (Å²) in [7, 11) is 0. The average Bonchev–Trinajstić information content (AvgIpc) is 3.02. The van der Waals surface area contributed by atoms with Crippen LogP contribution in [0.1, 0.15) is 36.0 Å². The lowest BCUT2D eigenvalue weighted by Gasteiger charge is -2.12. The molecule has 1 fully saturated rings. The van der Waals surface area contributed by atoms with Gasteiger partial charge in [-0.2, -0.15) is 0 Å². The van der Waals surface area contributed by atoms with Crippen LogP contribution in [0.5, 0.6) is 0 Å². The zero-order valence-corrected chi connectivity index (χ0v) is 11.0. The molecule has 1 aliphatic rings. The normalized spacial score (nSPS) is 15.6. The third-order valence-corrected chi connectivity index (χ3v) is 4.00. The lowest BCUT2D eigenvalue weighted by atomic mass is 9.90. The van der Waals surface area contributed by atoms with Crippen molar-refractivity contribution in [2.45, 2.75) is 25.7 Å². The zero-order chi connectivity index (χ0) is 13.1. The van der Waals surface area contributed by atoms with E-state index in [1.807, 2.05) is 36.4 Å². The fraction of sp³-hybridized carbons (Fsp3) is 0.278. The minimum absolute atomic E-state index is 0.241. The highest BCUT2D eigenvalue weighted by Crippen LogP contribution is 2.32. The maximum Gasteiger partial charge on any atom is 0.166 e. The molecule has 3 rings (SSSR count). The lowest BCUT2D eigenvalue weighted by Crippen LogP contribution is -2.12. The van der Waals surface area contributed by atoms with E-state index in [1.54, 1.807) is 0 Å². The Balaban J connectivity index is 2.00. The third-order valence-electron chi connectivity index (χ3n) is 4.00. The van der Waals surface area contributed by atoms with Gasteiger partial charge in [-0.05, 0) is 24.0 Å². The Morgan fingerprint density at radius 2 is 1.47 bits per heavy atom. The largest absolute Gasteiger partial charge is 0.294 e. The quantitative estimate of drug-likeness (QED) is 0.720. The average molecular weight is 250 g/mol. The van der Waals surface area contributed by atoms with E-state index in [0.717, 1.165) is 29.5 Å². The smallest absolute Gasteiger partial charge is 0.166 e. The van der Waals surface area contributed by atoms with Crippen molar-refractivity contribution in [3.05, 3.63) is 60.2 Å². The van der Waals surface area contributed by atoms with Crippen molar-refractivity contribution in [1.82, 2.24) is 0 Å². The van der Waals surface area contributed by atoms with Crippen LogP contribution >= 0.6 is 0 Å². The van der Waals surface area contributed by atoms with Crippen molar-refractivity contribution in [3.8, 4) is 11.1 Å². The first-order chi connectivity index (χ1) is 9.36. The molecule has 0 saturated heterocycles. The lowest BCUT2D eigenvalue weighted by molar-refractivity contribution is 0.0923. The number of carbonyl (C=O) groups is 1. The van der Waals surface area contributed by atoms with E-state index in [9.17, 15) is 4.79 Å². The highest BCUT2D eigenvalue weighted by molar-refractivity contribution is 6.03. The first-order valence-electron chi connectivity index (χ1n) is 7.05. The fourth-order valence-electron chi connectivity index (χ4n) is 2.98. The van der Waals surface area contributed by atoms with Crippen LogP contribution in [0.25, 0.3) is 11.1 Å². The standard InChI is InChI=1S/C18H18O/c19-18(15-10-4-5-11-15)17-13-7-6-12-16(17)14-8-2-1-3-9-14/h1-3,6-9,12-13,15H,4-5,10-11H2. The molecule has 1 saturated carbocycles. The number of carbonyl (C=O) groups excluding carboxylic acids is 1. The van der Waals surface area contributed by atoms with Gasteiger partial charge in [0.05, 0.1) is 0 Å². The van der Waals surface area contributed by atoms with E-state index in [1.165, 1.54) is 12.8 Å². The predicted octanol–water partition coefficient (Wildman–Crippen LogP) is 4.73. The molecule has 0 aromatic heterocycles. The number of benzene rings is 2. The molecular formula is C18H18O. The van der Waals surface area contributed by atoms with Crippen LogP contribution in [0.3, 0.4) is 0 Å². The summed E-state index contributed by atoms with van der Waals surface area (Å²) < 4.78 is 0. The van der Waals surface area contributed by atoms with E-state index >= 15 is 0 Å². The molecule has 0 unspecified atom stereocenters. The molecule has 0 spiro atoms. The van der Waals surface area contributed by atoms with Gasteiger partial charge < -0.3 is 0 Å². The molecule has 0 bridgehead atoms. The Morgan fingerprint density at radius 3 is 2.21 bits per heavy atom. The van der Waals surface area contributed by atoms with Gasteiger partial charge in [0.2, 0.25) is 0 Å². The first-order valence-corrected chi connectivity index (χ1v) is 7.05. The highest BCUT2D eigenvalue weighted by atomic mass is 16.1. The van der Waals surface area contributed by atoms with E-state index < -0.39 is 0 Å². The summed E-state index contributed by atoms with van der Waals surface area (Å²) in [6.07, 6.45) is 4.51. The van der Waals surface area contributed by atoms with Gasteiger partial charge in [0.25, 0.3) is 0 Å². The molecule has 0 amide bonds. The monoisotopic (exact) mass is 250 g/mol. The second-order valence-corrected chi connectivity index (χ2v) is 5.26. The number of hydrogen-bond donors (Lipinski definition) is 0. The van der Waals surface area contributed by atoms with Crippen LogP contribution in [0.2, 0.25) is 0 Å². The molecule has 1 nitrogen and oxygen atoms in total. The number of hydrogen-bond acceptors (Lipinski definition) is 1. The van der Waals surface area contributed by atoms with Crippen molar-refractivity contribution >= 4 is 5.78 Å². The van der Waals surface area contributed by atoms with E-state index in [0.29, 0.717) is 5.78 Å². The van der Waals surface area contributed by atoms with Gasteiger partial charge in [-0.15, -0.1) is 0 Å². The molecule has 2 aromatic carbocycles. The Morgan fingerprint density at radius 1 is 0.842 bits per heavy atom. The summed E-state index contributed by atoms with van der Waals surface area (Å²) in [4.78, 5) is 12.6. The maximum atomic E-state index is 12.6. The highest BCUT2D eigenvalue weighted by Gasteiger charge is 2.25. The molecule has 1 heteroatoms. The summed E-state index contributed by atoms with van der Waals surface area (Å²) >= 11 is 0. The van der Waals surface area contributed by atoms with Crippen LogP contribution in [0.4, 0.5) is 0 Å². The summed E-state index contributed by atoms with van der Waals surface area (Å²) in [5.41, 5.74) is 3.09. The second-order valence-electron chi connectivity index (χ2n) is 5.26. The van der Waals surface area contributed by atoms with Crippen LogP contribution < -0.4 is 0 Å². The molecule has 0 aliphatic heterocycles. The minimum Gasteiger partial charge on any atom is -0.294 e. The van der Waals surface area contributed by atoms with Crippen molar-refractivity contribution < 1.29 is 4.79 Å². The van der Waals surface area contributed by atoms with E-state index in [2.05, 4.69) is 18.2 Å². The van der Waals surface area contributed by atoms with Crippen LogP contribution in [-0.4, -0.2) is 5.78 Å². The fourth-order valence-corrected chi connectivity index (χ4v) is 2.98. The summed E-state index contributed by atoms with van der Waals surface area (Å²) in [6, 6.07) is 18.2. The third kappa shape index (κ3) is 2.46. The van der Waals surface area contributed by atoms with Gasteiger partial charge >= 0.3 is 0 Å². The van der Waals surface area contributed by atoms with Crippen LogP contribution in [0.15, 0.2) is 54.6 Å². The Hall–Kier alpha value is -1.89. The molecule has 19 heavy (non-hydrogen) atoms. The Bertz CT molecular complexity index is 565. The Kier molecular flexibility index (Phi) is 3.45. The van der Waals surface area contributed by atoms with Gasteiger partial charge in [-0.1, -0.05) is 67.4 Å². The molecule has 0 radical (unpaired) electrons. The van der Waals surface area contributed by atoms with Crippen LogP contribution in [0, 0.1) is 5.92 Å². The predicted molar refractivity (Wildman–Crippen MR) is 78.2 cm³/mol. The summed E-state index contributed by atoms with van der Waals surface area (Å²) in [6.45, 7) is 0. The Labute approximate surface area is 114 Å². The zero-order valence-electron chi connectivity index (χ0n) is 11.0. The van der Waals surface area contributed by atoms with Gasteiger partial charge in [0, 0.05) is 11.5 Å². The summed E-state index contributed by atoms with van der Waals surface area (Å²) in [5, 5.41) is 0. The topological polar surface area (TPSA) is 17.1 Å². The number of rotatable bonds is 3. The minimum atomic E-state index is 0.241. The molecule has 96 valence electrons. The number of ketones is 1.